The summed E-state index contributed by atoms with van der Waals surface area (Å²) in [7, 11) is 0. The van der Waals surface area contributed by atoms with E-state index >= 15 is 0 Å². The molecule has 52 valence electrons. The third-order valence-electron chi connectivity index (χ3n) is 0.569. The van der Waals surface area contributed by atoms with Crippen LogP contribution >= 0.6 is 0 Å². The van der Waals surface area contributed by atoms with Crippen molar-refractivity contribution < 1.29 is 13.2 Å². The van der Waals surface area contributed by atoms with Crippen molar-refractivity contribution in [2.45, 2.75) is 19.5 Å². The Morgan fingerprint density at radius 3 is 2.33 bits per heavy atom. The molecule has 9 heavy (non-hydrogen) atoms. The summed E-state index contributed by atoms with van der Waals surface area (Å²) in [5.74, 6) is 0. The molecule has 0 aliphatic carbocycles. The molecule has 0 amide bonds. The second-order valence-corrected chi connectivity index (χ2v) is 1.46. The number of allylic oxidation sites excluding steroid dienone is 1. The molecule has 0 aromatic heterocycles. The molecule has 3 heteroatoms. The zero-order valence-corrected chi connectivity index (χ0v) is 5.00. The molecule has 0 fully saturated rings. The molecule has 0 N–H and O–H groups in total. The van der Waals surface area contributed by atoms with Crippen molar-refractivity contribution in [2.75, 3.05) is 0 Å². The highest BCUT2D eigenvalue weighted by Gasteiger charge is 2.21. The molecule has 0 bridgehead atoms. The lowest BCUT2D eigenvalue weighted by Gasteiger charge is -1.92. The highest BCUT2D eigenvalue weighted by molar-refractivity contribution is 4.89. The van der Waals surface area contributed by atoms with Crippen LogP contribution in [-0.4, -0.2) is 6.18 Å². The van der Waals surface area contributed by atoms with Crippen molar-refractivity contribution in [1.82, 2.24) is 0 Å². The molecule has 0 rings (SSSR count). The Morgan fingerprint density at radius 1 is 1.44 bits per heavy atom. The van der Waals surface area contributed by atoms with Gasteiger partial charge in [-0.2, -0.15) is 13.2 Å². The third-order valence-corrected chi connectivity index (χ3v) is 0.569. The Kier molecular flexibility index (Phi) is 3.10. The quantitative estimate of drug-likeness (QED) is 0.486. The fourth-order valence-corrected chi connectivity index (χ4v) is 0.271. The minimum Gasteiger partial charge on any atom is -0.166 e. The Balaban J connectivity index is 3.84. The summed E-state index contributed by atoms with van der Waals surface area (Å²) < 4.78 is 33.7. The van der Waals surface area contributed by atoms with Crippen LogP contribution in [0, 0.1) is 0 Å². The van der Waals surface area contributed by atoms with Gasteiger partial charge in [0.05, 0.1) is 6.08 Å². The van der Waals surface area contributed by atoms with E-state index < -0.39 is 6.18 Å². The zero-order valence-electron chi connectivity index (χ0n) is 5.00. The summed E-state index contributed by atoms with van der Waals surface area (Å²) in [4.78, 5) is 0. The van der Waals surface area contributed by atoms with Crippen LogP contribution in [0.3, 0.4) is 0 Å². The maximum Gasteiger partial charge on any atom is 0.416 e. The van der Waals surface area contributed by atoms with Crippen molar-refractivity contribution in [3.05, 3.63) is 17.9 Å². The fourth-order valence-electron chi connectivity index (χ4n) is 0.271. The summed E-state index contributed by atoms with van der Waals surface area (Å²) in [6.07, 6.45) is -2.22. The molecule has 0 radical (unpaired) electrons. The molecular formula is C6H7F3. The van der Waals surface area contributed by atoms with Gasteiger partial charge in [0.2, 0.25) is 0 Å². The zero-order chi connectivity index (χ0) is 7.33. The van der Waals surface area contributed by atoms with Gasteiger partial charge in [-0.25, -0.2) is 0 Å². The van der Waals surface area contributed by atoms with Crippen LogP contribution in [0.5, 0.6) is 0 Å². The van der Waals surface area contributed by atoms with Crippen LogP contribution in [0.1, 0.15) is 13.3 Å². The topological polar surface area (TPSA) is 0 Å². The van der Waals surface area contributed by atoms with E-state index in [9.17, 15) is 13.2 Å². The van der Waals surface area contributed by atoms with Crippen LogP contribution < -0.4 is 0 Å². The number of hydrogen-bond acceptors (Lipinski definition) is 0. The smallest absolute Gasteiger partial charge is 0.166 e. The van der Waals surface area contributed by atoms with Gasteiger partial charge in [-0.15, -0.1) is 5.73 Å². The first kappa shape index (κ1) is 8.31. The summed E-state index contributed by atoms with van der Waals surface area (Å²) in [6.45, 7) is 1.75. The van der Waals surface area contributed by atoms with Crippen LogP contribution in [-0.2, 0) is 0 Å². The lowest BCUT2D eigenvalue weighted by Crippen LogP contribution is -1.99. The van der Waals surface area contributed by atoms with Gasteiger partial charge in [-0.05, 0) is 12.5 Å². The van der Waals surface area contributed by atoms with Crippen molar-refractivity contribution >= 4 is 0 Å². The molecule has 0 atom stereocenters. The van der Waals surface area contributed by atoms with E-state index in [1.54, 1.807) is 6.92 Å². The largest absolute Gasteiger partial charge is 0.416 e. The molecule has 0 aromatic carbocycles. The monoisotopic (exact) mass is 136 g/mol. The van der Waals surface area contributed by atoms with E-state index in [1.807, 2.05) is 5.73 Å². The molecule has 0 unspecified atom stereocenters. The predicted molar refractivity (Wildman–Crippen MR) is 29.0 cm³/mol. The van der Waals surface area contributed by atoms with Crippen LogP contribution in [0.4, 0.5) is 13.2 Å². The van der Waals surface area contributed by atoms with E-state index in [1.165, 1.54) is 6.08 Å². The van der Waals surface area contributed by atoms with Crippen molar-refractivity contribution in [3.8, 4) is 0 Å². The average molecular weight is 136 g/mol. The van der Waals surface area contributed by atoms with Crippen molar-refractivity contribution in [2.24, 2.45) is 0 Å². The second kappa shape index (κ2) is 3.36. The second-order valence-electron chi connectivity index (χ2n) is 1.46. The molecule has 0 saturated carbocycles. The van der Waals surface area contributed by atoms with Gasteiger partial charge in [0, 0.05) is 0 Å². The van der Waals surface area contributed by atoms with Gasteiger partial charge in [0.15, 0.2) is 0 Å². The van der Waals surface area contributed by atoms with E-state index in [-0.39, 0.29) is 6.08 Å². The van der Waals surface area contributed by atoms with Crippen LogP contribution in [0.2, 0.25) is 0 Å². The lowest BCUT2D eigenvalue weighted by molar-refractivity contribution is -0.0796. The average Bonchev–Trinajstić information content (AvgIpc) is 1.63. The number of alkyl halides is 3. The van der Waals surface area contributed by atoms with E-state index in [2.05, 4.69) is 0 Å². The van der Waals surface area contributed by atoms with Crippen LogP contribution in [0.25, 0.3) is 0 Å². The standard InChI is InChI=1S/C6H7F3/c1-2-3-4-5-6(7,8)9/h3,5H,2H2,1H3. The fraction of sp³-hybridized carbons (Fsp3) is 0.500. The van der Waals surface area contributed by atoms with Crippen molar-refractivity contribution in [3.63, 3.8) is 0 Å². The molecule has 0 aromatic rings. The summed E-state index contributed by atoms with van der Waals surface area (Å²) in [6, 6.07) is 0. The number of rotatable bonds is 1. The van der Waals surface area contributed by atoms with Crippen molar-refractivity contribution in [1.29, 1.82) is 0 Å². The minimum atomic E-state index is -4.22. The first-order chi connectivity index (χ1) is 4.06. The van der Waals surface area contributed by atoms with Gasteiger partial charge in [-0.1, -0.05) is 6.92 Å². The van der Waals surface area contributed by atoms with Gasteiger partial charge in [0.1, 0.15) is 0 Å². The molecule has 0 aliphatic heterocycles. The Bertz CT molecular complexity index is 126. The maximum absolute atomic E-state index is 11.2. The normalized spacial score (nSPS) is 10.2. The number of hydrogen-bond donors (Lipinski definition) is 0. The Labute approximate surface area is 51.7 Å². The molecular weight excluding hydrogens is 129 g/mol. The highest BCUT2D eigenvalue weighted by atomic mass is 19.4. The number of halogens is 3. The van der Waals surface area contributed by atoms with Gasteiger partial charge < -0.3 is 0 Å². The molecule has 0 nitrogen and oxygen atoms in total. The van der Waals surface area contributed by atoms with E-state index in [0.29, 0.717) is 6.42 Å². The SMILES string of the molecule is CCC=C=CC(F)(F)F. The predicted octanol–water partition coefficient (Wildman–Crippen LogP) is 2.67. The summed E-state index contributed by atoms with van der Waals surface area (Å²) >= 11 is 0. The maximum atomic E-state index is 11.2. The lowest BCUT2D eigenvalue weighted by atomic mass is 10.4. The Morgan fingerprint density at radius 2 is 2.00 bits per heavy atom. The van der Waals surface area contributed by atoms with Gasteiger partial charge in [0.25, 0.3) is 0 Å². The van der Waals surface area contributed by atoms with Gasteiger partial charge >= 0.3 is 6.18 Å². The Hall–Kier alpha value is -0.690. The third kappa shape index (κ3) is 7.31. The van der Waals surface area contributed by atoms with Crippen LogP contribution in [0.15, 0.2) is 17.9 Å². The van der Waals surface area contributed by atoms with E-state index in [0.717, 1.165) is 0 Å². The van der Waals surface area contributed by atoms with E-state index in [4.69, 9.17) is 0 Å². The molecule has 0 heterocycles. The molecule has 0 saturated heterocycles. The molecule has 0 aliphatic rings. The first-order valence-corrected chi connectivity index (χ1v) is 2.55. The minimum absolute atomic E-state index is 0.0938. The highest BCUT2D eigenvalue weighted by Crippen LogP contribution is 2.14. The first-order valence-electron chi connectivity index (χ1n) is 2.55. The summed E-state index contributed by atoms with van der Waals surface area (Å²) in [5.41, 5.74) is 2.00. The molecule has 0 spiro atoms. The van der Waals surface area contributed by atoms with Gasteiger partial charge in [-0.3, -0.25) is 0 Å². The summed E-state index contributed by atoms with van der Waals surface area (Å²) in [5, 5.41) is 0.